The van der Waals surface area contributed by atoms with E-state index in [0.717, 1.165) is 12.1 Å². The Labute approximate surface area is 96.6 Å². The van der Waals surface area contributed by atoms with E-state index in [1.54, 1.807) is 0 Å². The van der Waals surface area contributed by atoms with Crippen molar-refractivity contribution in [1.29, 1.82) is 0 Å². The van der Waals surface area contributed by atoms with Gasteiger partial charge in [0, 0.05) is 38.2 Å². The molecule has 0 amide bonds. The van der Waals surface area contributed by atoms with Crippen LogP contribution >= 0.6 is 0 Å². The SMILES string of the molecule is CN(C)c1[c]ccc(Cc2ccncc2)c1. The van der Waals surface area contributed by atoms with Crippen molar-refractivity contribution in [3.63, 3.8) is 0 Å². The number of pyridine rings is 1. The third-order valence-electron chi connectivity index (χ3n) is 2.49. The van der Waals surface area contributed by atoms with E-state index >= 15 is 0 Å². The first-order valence-electron chi connectivity index (χ1n) is 5.32. The van der Waals surface area contributed by atoms with E-state index in [-0.39, 0.29) is 0 Å². The van der Waals surface area contributed by atoms with Gasteiger partial charge in [0.05, 0.1) is 0 Å². The average Bonchev–Trinajstić information content (AvgIpc) is 2.30. The van der Waals surface area contributed by atoms with Gasteiger partial charge in [-0.25, -0.2) is 0 Å². The van der Waals surface area contributed by atoms with Gasteiger partial charge >= 0.3 is 0 Å². The quantitative estimate of drug-likeness (QED) is 0.775. The van der Waals surface area contributed by atoms with E-state index in [9.17, 15) is 0 Å². The van der Waals surface area contributed by atoms with E-state index in [0.29, 0.717) is 0 Å². The fourth-order valence-electron chi connectivity index (χ4n) is 1.60. The molecule has 1 radical (unpaired) electrons. The smallest absolute Gasteiger partial charge is 0.0444 e. The highest BCUT2D eigenvalue weighted by Gasteiger charge is 1.99. The lowest BCUT2D eigenvalue weighted by Crippen LogP contribution is -2.08. The van der Waals surface area contributed by atoms with Crippen LogP contribution in [-0.4, -0.2) is 19.1 Å². The molecule has 0 unspecified atom stereocenters. The van der Waals surface area contributed by atoms with Crippen molar-refractivity contribution >= 4 is 5.69 Å². The zero-order valence-corrected chi connectivity index (χ0v) is 9.64. The second-order valence-corrected chi connectivity index (χ2v) is 4.01. The summed E-state index contributed by atoms with van der Waals surface area (Å²) in [6.45, 7) is 0. The summed E-state index contributed by atoms with van der Waals surface area (Å²) in [6, 6.07) is 13.6. The highest BCUT2D eigenvalue weighted by Crippen LogP contribution is 2.15. The Balaban J connectivity index is 2.19. The normalized spacial score (nSPS) is 10.1. The first kappa shape index (κ1) is 10.7. The van der Waals surface area contributed by atoms with Crippen molar-refractivity contribution in [2.24, 2.45) is 0 Å². The van der Waals surface area contributed by atoms with Crippen molar-refractivity contribution in [3.8, 4) is 0 Å². The van der Waals surface area contributed by atoms with Gasteiger partial charge in [0.15, 0.2) is 0 Å². The lowest BCUT2D eigenvalue weighted by molar-refractivity contribution is 1.11. The van der Waals surface area contributed by atoms with Crippen LogP contribution in [0.3, 0.4) is 0 Å². The molecule has 2 rings (SSSR count). The summed E-state index contributed by atoms with van der Waals surface area (Å²) in [6.07, 6.45) is 4.60. The molecule has 0 aliphatic carbocycles. The molecule has 2 aromatic rings. The summed E-state index contributed by atoms with van der Waals surface area (Å²) < 4.78 is 0. The van der Waals surface area contributed by atoms with Crippen LogP contribution in [0, 0.1) is 6.07 Å². The molecular weight excluding hydrogens is 196 g/mol. The largest absolute Gasteiger partial charge is 0.377 e. The Morgan fingerprint density at radius 1 is 1.12 bits per heavy atom. The summed E-state index contributed by atoms with van der Waals surface area (Å²) in [4.78, 5) is 6.08. The van der Waals surface area contributed by atoms with Crippen LogP contribution in [0.2, 0.25) is 0 Å². The molecule has 0 saturated heterocycles. The zero-order chi connectivity index (χ0) is 11.4. The molecule has 2 nitrogen and oxygen atoms in total. The lowest BCUT2D eigenvalue weighted by atomic mass is 10.1. The molecule has 2 heteroatoms. The molecule has 1 heterocycles. The van der Waals surface area contributed by atoms with Crippen molar-refractivity contribution in [3.05, 3.63) is 59.9 Å². The molecule has 16 heavy (non-hydrogen) atoms. The van der Waals surface area contributed by atoms with Gasteiger partial charge < -0.3 is 4.90 Å². The van der Waals surface area contributed by atoms with Crippen LogP contribution in [0.15, 0.2) is 42.7 Å². The molecular formula is C14H15N2. The Kier molecular flexibility index (Phi) is 3.20. The number of nitrogens with zero attached hydrogens (tertiary/aromatic N) is 2. The first-order chi connectivity index (χ1) is 7.75. The van der Waals surface area contributed by atoms with E-state index in [1.807, 2.05) is 44.7 Å². The van der Waals surface area contributed by atoms with Crippen molar-refractivity contribution in [2.75, 3.05) is 19.0 Å². The molecule has 0 atom stereocenters. The van der Waals surface area contributed by atoms with Gasteiger partial charge in [-0.15, -0.1) is 0 Å². The van der Waals surface area contributed by atoms with Crippen LogP contribution in [-0.2, 0) is 6.42 Å². The topological polar surface area (TPSA) is 16.1 Å². The number of benzene rings is 1. The third kappa shape index (κ3) is 2.60. The van der Waals surface area contributed by atoms with Crippen molar-refractivity contribution in [1.82, 2.24) is 4.98 Å². The molecule has 0 N–H and O–H groups in total. The predicted octanol–water partition coefficient (Wildman–Crippen LogP) is 2.54. The van der Waals surface area contributed by atoms with Gasteiger partial charge in [-0.2, -0.15) is 0 Å². The van der Waals surface area contributed by atoms with E-state index in [1.165, 1.54) is 11.1 Å². The van der Waals surface area contributed by atoms with Gasteiger partial charge in [0.25, 0.3) is 0 Å². The summed E-state index contributed by atoms with van der Waals surface area (Å²) in [5.74, 6) is 0. The maximum Gasteiger partial charge on any atom is 0.0444 e. The molecule has 0 saturated carbocycles. The number of rotatable bonds is 3. The summed E-state index contributed by atoms with van der Waals surface area (Å²) in [7, 11) is 4.06. The number of aromatic nitrogens is 1. The Morgan fingerprint density at radius 3 is 2.56 bits per heavy atom. The van der Waals surface area contributed by atoms with Gasteiger partial charge in [0.2, 0.25) is 0 Å². The molecule has 1 aromatic heterocycles. The summed E-state index contributed by atoms with van der Waals surface area (Å²) in [5.41, 5.74) is 3.70. The minimum atomic E-state index is 0.942. The zero-order valence-electron chi connectivity index (χ0n) is 9.64. The summed E-state index contributed by atoms with van der Waals surface area (Å²) >= 11 is 0. The maximum absolute atomic E-state index is 4.02. The third-order valence-corrected chi connectivity index (χ3v) is 2.49. The average molecular weight is 211 g/mol. The van der Waals surface area contributed by atoms with Crippen molar-refractivity contribution in [2.45, 2.75) is 6.42 Å². The molecule has 1 aromatic carbocycles. The number of hydrogen-bond donors (Lipinski definition) is 0. The minimum Gasteiger partial charge on any atom is -0.377 e. The van der Waals surface area contributed by atoms with Crippen LogP contribution in [0.5, 0.6) is 0 Å². The predicted molar refractivity (Wildman–Crippen MR) is 66.6 cm³/mol. The highest BCUT2D eigenvalue weighted by atomic mass is 15.1. The number of hydrogen-bond acceptors (Lipinski definition) is 2. The van der Waals surface area contributed by atoms with Gasteiger partial charge in [-0.3, -0.25) is 4.98 Å². The number of anilines is 1. The minimum absolute atomic E-state index is 0.942. The Bertz CT molecular complexity index is 449. The maximum atomic E-state index is 4.02. The van der Waals surface area contributed by atoms with Gasteiger partial charge in [-0.05, 0) is 35.7 Å². The van der Waals surface area contributed by atoms with Gasteiger partial charge in [-0.1, -0.05) is 12.1 Å². The van der Waals surface area contributed by atoms with Crippen LogP contribution in [0.25, 0.3) is 0 Å². The van der Waals surface area contributed by atoms with E-state index < -0.39 is 0 Å². The molecule has 0 aliphatic rings. The van der Waals surface area contributed by atoms with E-state index in [4.69, 9.17) is 0 Å². The van der Waals surface area contributed by atoms with Gasteiger partial charge in [0.1, 0.15) is 0 Å². The monoisotopic (exact) mass is 211 g/mol. The molecule has 0 bridgehead atoms. The van der Waals surface area contributed by atoms with Crippen LogP contribution in [0.4, 0.5) is 5.69 Å². The van der Waals surface area contributed by atoms with Crippen LogP contribution < -0.4 is 4.90 Å². The summed E-state index contributed by atoms with van der Waals surface area (Å²) in [5, 5.41) is 0. The first-order valence-corrected chi connectivity index (χ1v) is 5.32. The fraction of sp³-hybridized carbons (Fsp3) is 0.214. The second-order valence-electron chi connectivity index (χ2n) is 4.01. The fourth-order valence-corrected chi connectivity index (χ4v) is 1.60. The second kappa shape index (κ2) is 4.79. The Hall–Kier alpha value is -1.83. The standard InChI is InChI=1S/C14H15N2/c1-16(2)14-5-3-4-13(11-14)10-12-6-8-15-9-7-12/h3-4,6-9,11H,10H2,1-2H3. The van der Waals surface area contributed by atoms with E-state index in [2.05, 4.69) is 28.1 Å². The molecule has 0 fully saturated rings. The highest BCUT2D eigenvalue weighted by molar-refractivity contribution is 5.46. The van der Waals surface area contributed by atoms with Crippen molar-refractivity contribution < 1.29 is 0 Å². The lowest BCUT2D eigenvalue weighted by Gasteiger charge is -2.13. The Morgan fingerprint density at radius 2 is 1.88 bits per heavy atom. The van der Waals surface area contributed by atoms with Crippen LogP contribution in [0.1, 0.15) is 11.1 Å². The molecule has 0 spiro atoms. The molecule has 81 valence electrons. The molecule has 0 aliphatic heterocycles.